The second-order valence-electron chi connectivity index (χ2n) is 5.75. The molecule has 0 spiro atoms. The number of nitrogens with one attached hydrogen (secondary N) is 1. The van der Waals surface area contributed by atoms with Crippen molar-refractivity contribution in [1.82, 2.24) is 15.2 Å². The van der Waals surface area contributed by atoms with Crippen molar-refractivity contribution in [2.75, 3.05) is 33.9 Å². The van der Waals surface area contributed by atoms with Crippen LogP contribution in [0.1, 0.15) is 24.8 Å². The number of methoxy groups -OCH3 is 2. The van der Waals surface area contributed by atoms with Gasteiger partial charge >= 0.3 is 0 Å². The number of amides is 2. The minimum absolute atomic E-state index is 0.0723. The minimum atomic E-state index is -0.431. The molecule has 1 N–H and O–H groups in total. The molecule has 0 bridgehead atoms. The Labute approximate surface area is 142 Å². The monoisotopic (exact) mass is 335 g/mol. The predicted octanol–water partition coefficient (Wildman–Crippen LogP) is 0.776. The maximum atomic E-state index is 12.3. The van der Waals surface area contributed by atoms with Crippen molar-refractivity contribution >= 4 is 11.8 Å². The lowest BCUT2D eigenvalue weighted by atomic mass is 10.2. The number of nitrogens with zero attached hydrogens (tertiary/aromatic N) is 2. The zero-order valence-corrected chi connectivity index (χ0v) is 14.3. The molecule has 1 aliphatic heterocycles. The Balaban J connectivity index is 1.81. The SMILES string of the molecule is COc1ncccc1CCNC(=O)CN1CCCCC(OC)C1=O. The molecular weight excluding hydrogens is 310 g/mol. The smallest absolute Gasteiger partial charge is 0.252 e. The van der Waals surface area contributed by atoms with Crippen molar-refractivity contribution in [1.29, 1.82) is 0 Å². The molecule has 1 unspecified atom stereocenters. The summed E-state index contributed by atoms with van der Waals surface area (Å²) in [5, 5.41) is 2.85. The summed E-state index contributed by atoms with van der Waals surface area (Å²) in [6, 6.07) is 3.75. The van der Waals surface area contributed by atoms with Crippen molar-refractivity contribution in [3.05, 3.63) is 23.9 Å². The Bertz CT molecular complexity index is 565. The maximum absolute atomic E-state index is 12.3. The topological polar surface area (TPSA) is 80.8 Å². The largest absolute Gasteiger partial charge is 0.481 e. The Morgan fingerprint density at radius 1 is 1.42 bits per heavy atom. The van der Waals surface area contributed by atoms with Gasteiger partial charge in [-0.05, 0) is 31.7 Å². The van der Waals surface area contributed by atoms with E-state index in [4.69, 9.17) is 9.47 Å². The first-order chi connectivity index (χ1) is 11.7. The van der Waals surface area contributed by atoms with Gasteiger partial charge in [0.2, 0.25) is 11.8 Å². The van der Waals surface area contributed by atoms with E-state index >= 15 is 0 Å². The van der Waals surface area contributed by atoms with Crippen molar-refractivity contribution < 1.29 is 19.1 Å². The van der Waals surface area contributed by atoms with E-state index in [1.54, 1.807) is 18.2 Å². The molecule has 2 rings (SSSR count). The van der Waals surface area contributed by atoms with Gasteiger partial charge in [0.05, 0.1) is 13.7 Å². The van der Waals surface area contributed by atoms with Gasteiger partial charge < -0.3 is 19.7 Å². The molecule has 1 saturated heterocycles. The predicted molar refractivity (Wildman–Crippen MR) is 88.7 cm³/mol. The first-order valence-corrected chi connectivity index (χ1v) is 8.22. The van der Waals surface area contributed by atoms with Crippen molar-refractivity contribution in [3.63, 3.8) is 0 Å². The standard InChI is InChI=1S/C17H25N3O4/c1-23-14-7-3-4-11-20(17(14)22)12-15(21)18-10-8-13-6-5-9-19-16(13)24-2/h5-6,9,14H,3-4,7-8,10-12H2,1-2H3,(H,18,21). The third-order valence-electron chi connectivity index (χ3n) is 4.11. The third-order valence-corrected chi connectivity index (χ3v) is 4.11. The molecule has 7 heteroatoms. The molecule has 1 aromatic heterocycles. The van der Waals surface area contributed by atoms with Crippen LogP contribution >= 0.6 is 0 Å². The van der Waals surface area contributed by atoms with Gasteiger partial charge in [0.1, 0.15) is 6.10 Å². The summed E-state index contributed by atoms with van der Waals surface area (Å²) < 4.78 is 10.4. The highest BCUT2D eigenvalue weighted by molar-refractivity contribution is 5.87. The van der Waals surface area contributed by atoms with Crippen LogP contribution in [-0.4, -0.2) is 61.7 Å². The van der Waals surface area contributed by atoms with Gasteiger partial charge in [-0.15, -0.1) is 0 Å². The number of pyridine rings is 1. The Hall–Kier alpha value is -2.15. The van der Waals surface area contributed by atoms with Crippen molar-refractivity contribution in [2.24, 2.45) is 0 Å². The van der Waals surface area contributed by atoms with E-state index in [0.29, 0.717) is 31.8 Å². The fourth-order valence-electron chi connectivity index (χ4n) is 2.81. The van der Waals surface area contributed by atoms with Crippen LogP contribution in [0.4, 0.5) is 0 Å². The van der Waals surface area contributed by atoms with E-state index in [1.165, 1.54) is 7.11 Å². The number of ether oxygens (including phenoxy) is 2. The molecule has 2 heterocycles. The average molecular weight is 335 g/mol. The van der Waals surface area contributed by atoms with E-state index in [0.717, 1.165) is 18.4 Å². The van der Waals surface area contributed by atoms with Gasteiger partial charge in [0.15, 0.2) is 0 Å². The van der Waals surface area contributed by atoms with Crippen LogP contribution in [0.3, 0.4) is 0 Å². The molecule has 24 heavy (non-hydrogen) atoms. The van der Waals surface area contributed by atoms with Gasteiger partial charge in [-0.3, -0.25) is 9.59 Å². The molecule has 2 amide bonds. The van der Waals surface area contributed by atoms with Crippen LogP contribution in [0.5, 0.6) is 5.88 Å². The number of likely N-dealkylation sites (tertiary alicyclic amines) is 1. The van der Waals surface area contributed by atoms with Crippen LogP contribution in [0.25, 0.3) is 0 Å². The summed E-state index contributed by atoms with van der Waals surface area (Å²) in [7, 11) is 3.11. The minimum Gasteiger partial charge on any atom is -0.481 e. The van der Waals surface area contributed by atoms with Crippen LogP contribution in [0.2, 0.25) is 0 Å². The molecule has 0 radical (unpaired) electrons. The first kappa shape index (κ1) is 18.2. The van der Waals surface area contributed by atoms with Gasteiger partial charge in [0, 0.05) is 32.0 Å². The number of hydrogen-bond donors (Lipinski definition) is 1. The van der Waals surface area contributed by atoms with Crippen LogP contribution in [-0.2, 0) is 20.7 Å². The fraction of sp³-hybridized carbons (Fsp3) is 0.588. The number of aromatic nitrogens is 1. The first-order valence-electron chi connectivity index (χ1n) is 8.22. The molecule has 7 nitrogen and oxygen atoms in total. The number of carbonyl (C=O) groups excluding carboxylic acids is 2. The highest BCUT2D eigenvalue weighted by Crippen LogP contribution is 2.15. The third kappa shape index (κ3) is 4.92. The molecule has 1 aromatic rings. The van der Waals surface area contributed by atoms with E-state index < -0.39 is 6.10 Å². The fourth-order valence-corrected chi connectivity index (χ4v) is 2.81. The highest BCUT2D eigenvalue weighted by atomic mass is 16.5. The lowest BCUT2D eigenvalue weighted by Gasteiger charge is -2.23. The zero-order chi connectivity index (χ0) is 17.4. The molecule has 0 aromatic carbocycles. The molecule has 0 aliphatic carbocycles. The van der Waals surface area contributed by atoms with Crippen LogP contribution in [0.15, 0.2) is 18.3 Å². The lowest BCUT2D eigenvalue weighted by molar-refractivity contribution is -0.144. The van der Waals surface area contributed by atoms with Crippen LogP contribution in [0, 0.1) is 0 Å². The molecule has 132 valence electrons. The number of hydrogen-bond acceptors (Lipinski definition) is 5. The summed E-state index contributed by atoms with van der Waals surface area (Å²) in [6.45, 7) is 1.14. The van der Waals surface area contributed by atoms with Crippen molar-refractivity contribution in [3.8, 4) is 5.88 Å². The molecule has 1 fully saturated rings. The highest BCUT2D eigenvalue weighted by Gasteiger charge is 2.27. The average Bonchev–Trinajstić information content (AvgIpc) is 2.77. The van der Waals surface area contributed by atoms with E-state index in [9.17, 15) is 9.59 Å². The molecule has 0 saturated carbocycles. The van der Waals surface area contributed by atoms with Gasteiger partial charge in [-0.25, -0.2) is 4.98 Å². The Kier molecular flexibility index (Phi) is 6.99. The molecular formula is C17H25N3O4. The quantitative estimate of drug-likeness (QED) is 0.796. The van der Waals surface area contributed by atoms with Crippen LogP contribution < -0.4 is 10.1 Å². The maximum Gasteiger partial charge on any atom is 0.252 e. The summed E-state index contributed by atoms with van der Waals surface area (Å²) in [4.78, 5) is 30.1. The number of rotatable bonds is 7. The normalized spacial score (nSPS) is 18.2. The lowest BCUT2D eigenvalue weighted by Crippen LogP contribution is -2.45. The van der Waals surface area contributed by atoms with Crippen molar-refractivity contribution in [2.45, 2.75) is 31.8 Å². The second kappa shape index (κ2) is 9.22. The van der Waals surface area contributed by atoms with Gasteiger partial charge in [0.25, 0.3) is 5.91 Å². The number of carbonyl (C=O) groups is 2. The zero-order valence-electron chi connectivity index (χ0n) is 14.3. The Morgan fingerprint density at radius 2 is 2.25 bits per heavy atom. The summed E-state index contributed by atoms with van der Waals surface area (Å²) >= 11 is 0. The summed E-state index contributed by atoms with van der Waals surface area (Å²) in [6.07, 6.45) is 4.40. The Morgan fingerprint density at radius 3 is 3.00 bits per heavy atom. The second-order valence-corrected chi connectivity index (χ2v) is 5.75. The molecule has 1 aliphatic rings. The van der Waals surface area contributed by atoms with Gasteiger partial charge in [-0.1, -0.05) is 6.07 Å². The van der Waals surface area contributed by atoms with E-state index in [1.807, 2.05) is 12.1 Å². The summed E-state index contributed by atoms with van der Waals surface area (Å²) in [5.41, 5.74) is 0.936. The molecule has 1 atom stereocenters. The van der Waals surface area contributed by atoms with E-state index in [-0.39, 0.29) is 18.4 Å². The van der Waals surface area contributed by atoms with Gasteiger partial charge in [-0.2, -0.15) is 0 Å². The van der Waals surface area contributed by atoms with E-state index in [2.05, 4.69) is 10.3 Å². The summed E-state index contributed by atoms with van der Waals surface area (Å²) in [5.74, 6) is 0.305.